The molecule has 0 aliphatic heterocycles. The fraction of sp³-hybridized carbons (Fsp3) is 0.400. The lowest BCUT2D eigenvalue weighted by atomic mass is 10.2. The molecule has 4 heteroatoms. The van der Waals surface area contributed by atoms with Gasteiger partial charge >= 0.3 is 5.97 Å². The number of carbonyl (C=O) groups excluding carboxylic acids is 1. The lowest BCUT2D eigenvalue weighted by Crippen LogP contribution is -2.41. The van der Waals surface area contributed by atoms with Crippen molar-refractivity contribution in [1.82, 2.24) is 0 Å². The van der Waals surface area contributed by atoms with Crippen LogP contribution in [0, 0.1) is 0 Å². The normalized spacial score (nSPS) is 11.2. The topological polar surface area (TPSA) is 26.3 Å². The minimum Gasteiger partial charge on any atom is -0.456 e. The van der Waals surface area contributed by atoms with Gasteiger partial charge in [-0.25, -0.2) is 4.79 Å². The Morgan fingerprint density at radius 2 is 2.00 bits per heavy atom. The van der Waals surface area contributed by atoms with E-state index in [4.69, 9.17) is 16.3 Å². The maximum Gasteiger partial charge on any atom is 0.333 e. The number of hydrogen-bond acceptors (Lipinski definition) is 2. The Morgan fingerprint density at radius 3 is 2.58 bits per heavy atom. The number of rotatable bonds is 6. The molecule has 0 amide bonds. The van der Waals surface area contributed by atoms with E-state index in [1.165, 1.54) is 0 Å². The predicted molar refractivity (Wildman–Crippen MR) is 77.9 cm³/mol. The molecule has 0 aliphatic carbocycles. The molecule has 0 fully saturated rings. The van der Waals surface area contributed by atoms with Crippen molar-refractivity contribution in [3.05, 3.63) is 47.0 Å². The first-order valence-corrected chi connectivity index (χ1v) is 6.58. The Hall–Kier alpha value is -1.32. The Labute approximate surface area is 120 Å². The molecule has 0 spiro atoms. The Morgan fingerprint density at radius 1 is 1.37 bits per heavy atom. The molecule has 1 aromatic carbocycles. The first kappa shape index (κ1) is 15.7. The number of ether oxygens (including phenoxy) is 1. The summed E-state index contributed by atoms with van der Waals surface area (Å²) >= 11 is 6.15. The van der Waals surface area contributed by atoms with Gasteiger partial charge in [0, 0.05) is 16.2 Å². The second-order valence-corrected chi connectivity index (χ2v) is 5.73. The van der Waals surface area contributed by atoms with Crippen LogP contribution in [0.2, 0.25) is 5.02 Å². The van der Waals surface area contributed by atoms with Gasteiger partial charge in [0.25, 0.3) is 0 Å². The summed E-state index contributed by atoms with van der Waals surface area (Å²) < 4.78 is 5.82. The van der Waals surface area contributed by atoms with Crippen LogP contribution in [-0.4, -0.2) is 37.7 Å². The minimum atomic E-state index is -0.335. The Balaban J connectivity index is 2.50. The number of quaternary nitrogens is 1. The van der Waals surface area contributed by atoms with Gasteiger partial charge in [-0.1, -0.05) is 36.4 Å². The number of nitrogens with zero attached hydrogens (tertiary/aromatic N) is 1. The summed E-state index contributed by atoms with van der Waals surface area (Å²) in [6.07, 6.45) is 0. The number of carbonyl (C=O) groups is 1. The van der Waals surface area contributed by atoms with E-state index in [0.29, 0.717) is 16.7 Å². The largest absolute Gasteiger partial charge is 0.456 e. The Kier molecular flexibility index (Phi) is 5.58. The lowest BCUT2D eigenvalue weighted by molar-refractivity contribution is -0.903. The monoisotopic (exact) mass is 282 g/mol. The molecular weight excluding hydrogens is 262 g/mol. The molecule has 0 unspecified atom stereocenters. The molecule has 0 aromatic heterocycles. The summed E-state index contributed by atoms with van der Waals surface area (Å²) in [6, 6.07) is 7.79. The van der Waals surface area contributed by atoms with Crippen LogP contribution >= 0.6 is 11.6 Å². The molecule has 0 bridgehead atoms. The molecule has 0 heterocycles. The summed E-state index contributed by atoms with van der Waals surface area (Å²) in [5.74, 6) is -0.335. The number of esters is 1. The highest BCUT2D eigenvalue weighted by Crippen LogP contribution is 2.18. The summed E-state index contributed by atoms with van der Waals surface area (Å²) in [6.45, 7) is 7.10. The highest BCUT2D eigenvalue weighted by molar-refractivity contribution is 6.31. The van der Waals surface area contributed by atoms with Crippen LogP contribution in [-0.2, 0) is 16.1 Å². The predicted octanol–water partition coefficient (Wildman–Crippen LogP) is 3.04. The van der Waals surface area contributed by atoms with Crippen molar-refractivity contribution in [2.45, 2.75) is 13.5 Å². The molecule has 1 rings (SSSR count). The highest BCUT2D eigenvalue weighted by Gasteiger charge is 2.18. The van der Waals surface area contributed by atoms with Crippen molar-refractivity contribution in [2.75, 3.05) is 27.2 Å². The molecule has 104 valence electrons. The van der Waals surface area contributed by atoms with Gasteiger partial charge in [-0.05, 0) is 13.0 Å². The van der Waals surface area contributed by atoms with Crippen LogP contribution in [0.25, 0.3) is 0 Å². The van der Waals surface area contributed by atoms with Crippen LogP contribution < -0.4 is 0 Å². The van der Waals surface area contributed by atoms with Gasteiger partial charge in [-0.15, -0.1) is 0 Å². The molecule has 19 heavy (non-hydrogen) atoms. The van der Waals surface area contributed by atoms with E-state index in [0.717, 1.165) is 23.7 Å². The number of hydrogen-bond donors (Lipinski definition) is 0. The average molecular weight is 283 g/mol. The maximum atomic E-state index is 11.3. The molecule has 0 saturated heterocycles. The summed E-state index contributed by atoms with van der Waals surface area (Å²) in [5.41, 5.74) is 1.52. The van der Waals surface area contributed by atoms with E-state index in [-0.39, 0.29) is 5.97 Å². The van der Waals surface area contributed by atoms with Crippen molar-refractivity contribution in [3.63, 3.8) is 0 Å². The number of likely N-dealkylation sites (N-methyl/N-ethyl adjacent to an activating group) is 1. The SMILES string of the molecule is C=C(C)C(=O)OCC[N+](C)(C)Cc1ccccc1Cl. The average Bonchev–Trinajstić information content (AvgIpc) is 2.31. The molecule has 1 aromatic rings. The maximum absolute atomic E-state index is 11.3. The smallest absolute Gasteiger partial charge is 0.333 e. The van der Waals surface area contributed by atoms with Crippen LogP contribution in [0.3, 0.4) is 0 Å². The second kappa shape index (κ2) is 6.73. The third-order valence-electron chi connectivity index (χ3n) is 2.83. The second-order valence-electron chi connectivity index (χ2n) is 5.33. The lowest BCUT2D eigenvalue weighted by Gasteiger charge is -2.29. The number of benzene rings is 1. The molecule has 0 atom stereocenters. The van der Waals surface area contributed by atoms with Crippen LogP contribution in [0.15, 0.2) is 36.4 Å². The number of halogens is 1. The summed E-state index contributed by atoms with van der Waals surface area (Å²) in [5, 5.41) is 0.771. The van der Waals surface area contributed by atoms with Crippen LogP contribution in [0.5, 0.6) is 0 Å². The standard InChI is InChI=1S/C15H21ClNO2/c1-12(2)15(18)19-10-9-17(3,4)11-13-7-5-6-8-14(13)16/h5-8H,1,9-11H2,2-4H3/q+1. The molecule has 0 aliphatic rings. The third-order valence-corrected chi connectivity index (χ3v) is 3.20. The van der Waals surface area contributed by atoms with E-state index < -0.39 is 0 Å². The van der Waals surface area contributed by atoms with Gasteiger partial charge in [0.1, 0.15) is 19.7 Å². The molecule has 0 N–H and O–H groups in total. The Bertz CT molecular complexity index is 469. The van der Waals surface area contributed by atoms with Gasteiger partial charge in [0.15, 0.2) is 0 Å². The quantitative estimate of drug-likeness (QED) is 0.455. The van der Waals surface area contributed by atoms with E-state index in [2.05, 4.69) is 20.7 Å². The van der Waals surface area contributed by atoms with Crippen molar-refractivity contribution in [3.8, 4) is 0 Å². The van der Waals surface area contributed by atoms with Gasteiger partial charge < -0.3 is 9.22 Å². The molecule has 3 nitrogen and oxygen atoms in total. The van der Waals surface area contributed by atoms with Crippen molar-refractivity contribution in [2.24, 2.45) is 0 Å². The van der Waals surface area contributed by atoms with Gasteiger partial charge in [-0.3, -0.25) is 0 Å². The van der Waals surface area contributed by atoms with Crippen molar-refractivity contribution >= 4 is 17.6 Å². The zero-order chi connectivity index (χ0) is 14.5. The fourth-order valence-electron chi connectivity index (χ4n) is 1.68. The molecular formula is C15H21ClNO2+. The van der Waals surface area contributed by atoms with E-state index >= 15 is 0 Å². The van der Waals surface area contributed by atoms with Gasteiger partial charge in [0.2, 0.25) is 0 Å². The summed E-state index contributed by atoms with van der Waals surface area (Å²) in [4.78, 5) is 11.3. The molecule has 0 saturated carbocycles. The van der Waals surface area contributed by atoms with E-state index in [9.17, 15) is 4.79 Å². The van der Waals surface area contributed by atoms with Crippen LogP contribution in [0.1, 0.15) is 12.5 Å². The van der Waals surface area contributed by atoms with Crippen molar-refractivity contribution < 1.29 is 14.0 Å². The van der Waals surface area contributed by atoms with Crippen LogP contribution in [0.4, 0.5) is 0 Å². The third kappa shape index (κ3) is 5.45. The van der Waals surface area contributed by atoms with Gasteiger partial charge in [-0.2, -0.15) is 0 Å². The zero-order valence-electron chi connectivity index (χ0n) is 11.8. The van der Waals surface area contributed by atoms with E-state index in [1.807, 2.05) is 24.3 Å². The fourth-order valence-corrected chi connectivity index (χ4v) is 1.87. The summed E-state index contributed by atoms with van der Waals surface area (Å²) in [7, 11) is 4.16. The zero-order valence-corrected chi connectivity index (χ0v) is 12.5. The van der Waals surface area contributed by atoms with Gasteiger partial charge in [0.05, 0.1) is 14.1 Å². The minimum absolute atomic E-state index is 0.335. The first-order chi connectivity index (χ1) is 8.82. The molecule has 0 radical (unpaired) electrons. The highest BCUT2D eigenvalue weighted by atomic mass is 35.5. The van der Waals surface area contributed by atoms with E-state index in [1.54, 1.807) is 6.92 Å². The first-order valence-electron chi connectivity index (χ1n) is 6.20. The van der Waals surface area contributed by atoms with Crippen molar-refractivity contribution in [1.29, 1.82) is 0 Å².